The summed E-state index contributed by atoms with van der Waals surface area (Å²) in [5.74, 6) is 0. The van der Waals surface area contributed by atoms with Gasteiger partial charge in [-0.25, -0.2) is 0 Å². The predicted molar refractivity (Wildman–Crippen MR) is 111 cm³/mol. The number of anilines is 2. The Kier molecular flexibility index (Phi) is 6.41. The predicted octanol–water partition coefficient (Wildman–Crippen LogP) is 6.97. The lowest BCUT2D eigenvalue weighted by atomic mass is 10.0. The Labute approximate surface area is 152 Å². The molecule has 3 aromatic rings. The van der Waals surface area contributed by atoms with E-state index in [2.05, 4.69) is 108 Å². The SMILES string of the molecule is Cc1cc(C)c(C)cc1C.Cc1ccc(Nc2ccc(C)cc2)cc1. The third-order valence-corrected chi connectivity index (χ3v) is 4.50. The molecule has 25 heavy (non-hydrogen) atoms. The van der Waals surface area contributed by atoms with Crippen molar-refractivity contribution in [3.05, 3.63) is 94.0 Å². The third-order valence-electron chi connectivity index (χ3n) is 4.50. The number of nitrogens with one attached hydrogen (secondary N) is 1. The molecule has 0 fully saturated rings. The molecule has 0 spiro atoms. The van der Waals surface area contributed by atoms with Gasteiger partial charge >= 0.3 is 0 Å². The van der Waals surface area contributed by atoms with Crippen molar-refractivity contribution in [2.45, 2.75) is 41.5 Å². The molecule has 0 atom stereocenters. The summed E-state index contributed by atoms with van der Waals surface area (Å²) in [5, 5.41) is 3.36. The van der Waals surface area contributed by atoms with Crippen LogP contribution in [0.3, 0.4) is 0 Å². The molecule has 3 aromatic carbocycles. The van der Waals surface area contributed by atoms with E-state index >= 15 is 0 Å². The maximum absolute atomic E-state index is 3.36. The average Bonchev–Trinajstić information content (AvgIpc) is 2.58. The second-order valence-corrected chi connectivity index (χ2v) is 6.88. The van der Waals surface area contributed by atoms with Crippen LogP contribution in [-0.4, -0.2) is 0 Å². The summed E-state index contributed by atoms with van der Waals surface area (Å²) >= 11 is 0. The monoisotopic (exact) mass is 331 g/mol. The minimum Gasteiger partial charge on any atom is -0.356 e. The molecule has 0 radical (unpaired) electrons. The van der Waals surface area contributed by atoms with Gasteiger partial charge in [-0.2, -0.15) is 0 Å². The van der Waals surface area contributed by atoms with Gasteiger partial charge in [0.25, 0.3) is 0 Å². The van der Waals surface area contributed by atoms with Crippen molar-refractivity contribution in [2.24, 2.45) is 0 Å². The maximum atomic E-state index is 3.36. The van der Waals surface area contributed by atoms with E-state index in [0.29, 0.717) is 0 Å². The van der Waals surface area contributed by atoms with E-state index in [1.54, 1.807) is 0 Å². The summed E-state index contributed by atoms with van der Waals surface area (Å²) in [5.41, 5.74) is 10.4. The van der Waals surface area contributed by atoms with Crippen LogP contribution in [0, 0.1) is 41.5 Å². The van der Waals surface area contributed by atoms with Crippen molar-refractivity contribution in [1.82, 2.24) is 0 Å². The van der Waals surface area contributed by atoms with Gasteiger partial charge in [0.1, 0.15) is 0 Å². The van der Waals surface area contributed by atoms with Crippen LogP contribution in [0.25, 0.3) is 0 Å². The van der Waals surface area contributed by atoms with Gasteiger partial charge in [-0.1, -0.05) is 47.5 Å². The molecular formula is C24H29N. The van der Waals surface area contributed by atoms with Crippen LogP contribution < -0.4 is 5.32 Å². The molecule has 130 valence electrons. The highest BCUT2D eigenvalue weighted by Crippen LogP contribution is 2.17. The Hall–Kier alpha value is -2.54. The van der Waals surface area contributed by atoms with Crippen LogP contribution in [0.4, 0.5) is 11.4 Å². The summed E-state index contributed by atoms with van der Waals surface area (Å²) in [7, 11) is 0. The van der Waals surface area contributed by atoms with Crippen LogP contribution in [-0.2, 0) is 0 Å². The largest absolute Gasteiger partial charge is 0.356 e. The molecule has 0 heterocycles. The van der Waals surface area contributed by atoms with Crippen molar-refractivity contribution >= 4 is 11.4 Å². The Morgan fingerprint density at radius 2 is 0.720 bits per heavy atom. The average molecular weight is 332 g/mol. The normalized spacial score (nSPS) is 10.0. The Morgan fingerprint density at radius 1 is 0.440 bits per heavy atom. The first-order valence-electron chi connectivity index (χ1n) is 8.80. The minimum absolute atomic E-state index is 1.13. The molecular weight excluding hydrogens is 302 g/mol. The highest BCUT2D eigenvalue weighted by Gasteiger charge is 1.95. The summed E-state index contributed by atoms with van der Waals surface area (Å²) in [6.07, 6.45) is 0. The fourth-order valence-corrected chi connectivity index (χ4v) is 2.55. The van der Waals surface area contributed by atoms with Crippen LogP contribution >= 0.6 is 0 Å². The lowest BCUT2D eigenvalue weighted by Gasteiger charge is -2.06. The zero-order valence-corrected chi connectivity index (χ0v) is 16.3. The summed E-state index contributed by atoms with van der Waals surface area (Å²) in [6.45, 7) is 12.8. The molecule has 0 aliphatic rings. The molecule has 0 aliphatic carbocycles. The topological polar surface area (TPSA) is 12.0 Å². The smallest absolute Gasteiger partial charge is 0.0384 e. The highest BCUT2D eigenvalue weighted by atomic mass is 14.9. The van der Waals surface area contributed by atoms with E-state index in [-0.39, 0.29) is 0 Å². The lowest BCUT2D eigenvalue weighted by Crippen LogP contribution is -1.89. The van der Waals surface area contributed by atoms with Gasteiger partial charge in [0.05, 0.1) is 0 Å². The molecule has 0 aromatic heterocycles. The number of hydrogen-bond acceptors (Lipinski definition) is 1. The zero-order valence-electron chi connectivity index (χ0n) is 16.3. The van der Waals surface area contributed by atoms with Gasteiger partial charge in [0, 0.05) is 11.4 Å². The lowest BCUT2D eigenvalue weighted by molar-refractivity contribution is 1.24. The maximum Gasteiger partial charge on any atom is 0.0384 e. The number of rotatable bonds is 2. The zero-order chi connectivity index (χ0) is 18.4. The van der Waals surface area contributed by atoms with E-state index < -0.39 is 0 Å². The van der Waals surface area contributed by atoms with Crippen molar-refractivity contribution in [2.75, 3.05) is 5.32 Å². The van der Waals surface area contributed by atoms with Gasteiger partial charge in [0.2, 0.25) is 0 Å². The van der Waals surface area contributed by atoms with Crippen LogP contribution in [0.1, 0.15) is 33.4 Å². The second-order valence-electron chi connectivity index (χ2n) is 6.88. The van der Waals surface area contributed by atoms with E-state index in [1.165, 1.54) is 33.4 Å². The fraction of sp³-hybridized carbons (Fsp3) is 0.250. The molecule has 0 aliphatic heterocycles. The molecule has 0 bridgehead atoms. The Bertz CT molecular complexity index is 718. The van der Waals surface area contributed by atoms with E-state index in [9.17, 15) is 0 Å². The molecule has 0 saturated heterocycles. The van der Waals surface area contributed by atoms with Gasteiger partial charge < -0.3 is 5.32 Å². The third kappa shape index (κ3) is 5.79. The number of hydrogen-bond donors (Lipinski definition) is 1. The van der Waals surface area contributed by atoms with Crippen molar-refractivity contribution in [3.8, 4) is 0 Å². The summed E-state index contributed by atoms with van der Waals surface area (Å²) < 4.78 is 0. The molecule has 1 heteroatoms. The second kappa shape index (κ2) is 8.53. The summed E-state index contributed by atoms with van der Waals surface area (Å²) in [4.78, 5) is 0. The van der Waals surface area contributed by atoms with Gasteiger partial charge in [0.15, 0.2) is 0 Å². The highest BCUT2D eigenvalue weighted by molar-refractivity contribution is 5.59. The molecule has 0 unspecified atom stereocenters. The standard InChI is InChI=1S/C14H15N.C10H14/c1-11-3-7-13(8-4-11)15-14-9-5-12(2)6-10-14;1-7-5-9(3)10(4)6-8(7)2/h3-10,15H,1-2H3;5-6H,1-4H3. The van der Waals surface area contributed by atoms with Gasteiger partial charge in [-0.05, 0) is 88.1 Å². The first kappa shape index (κ1) is 18.8. The van der Waals surface area contributed by atoms with Crippen LogP contribution in [0.5, 0.6) is 0 Å². The fourth-order valence-electron chi connectivity index (χ4n) is 2.55. The number of aryl methyl sites for hydroxylation is 6. The first-order chi connectivity index (χ1) is 11.8. The van der Waals surface area contributed by atoms with Crippen molar-refractivity contribution < 1.29 is 0 Å². The minimum atomic E-state index is 1.13. The molecule has 0 saturated carbocycles. The molecule has 1 N–H and O–H groups in total. The van der Waals surface area contributed by atoms with E-state index in [4.69, 9.17) is 0 Å². The van der Waals surface area contributed by atoms with E-state index in [0.717, 1.165) is 11.4 Å². The van der Waals surface area contributed by atoms with Crippen LogP contribution in [0.15, 0.2) is 60.7 Å². The molecule has 0 amide bonds. The molecule has 3 rings (SSSR count). The number of benzene rings is 3. The van der Waals surface area contributed by atoms with Crippen molar-refractivity contribution in [3.63, 3.8) is 0 Å². The molecule has 1 nitrogen and oxygen atoms in total. The summed E-state index contributed by atoms with van der Waals surface area (Å²) in [6, 6.07) is 21.3. The quantitative estimate of drug-likeness (QED) is 0.535. The van der Waals surface area contributed by atoms with Crippen LogP contribution in [0.2, 0.25) is 0 Å². The van der Waals surface area contributed by atoms with Crippen molar-refractivity contribution in [1.29, 1.82) is 0 Å². The first-order valence-corrected chi connectivity index (χ1v) is 8.80. The van der Waals surface area contributed by atoms with Gasteiger partial charge in [-0.15, -0.1) is 0 Å². The van der Waals surface area contributed by atoms with E-state index in [1.807, 2.05) is 0 Å². The Morgan fingerprint density at radius 3 is 1.00 bits per heavy atom. The Balaban J connectivity index is 0.000000196. The van der Waals surface area contributed by atoms with Gasteiger partial charge in [-0.3, -0.25) is 0 Å².